The Morgan fingerprint density at radius 1 is 1.33 bits per heavy atom. The zero-order chi connectivity index (χ0) is 15.6. The molecule has 21 heavy (non-hydrogen) atoms. The number of hydrogen-bond donors (Lipinski definition) is 2. The zero-order valence-corrected chi connectivity index (χ0v) is 12.7. The van der Waals surface area contributed by atoms with Gasteiger partial charge in [0.2, 0.25) is 5.91 Å². The van der Waals surface area contributed by atoms with Gasteiger partial charge >= 0.3 is 5.97 Å². The summed E-state index contributed by atoms with van der Waals surface area (Å²) in [6.45, 7) is 1.83. The van der Waals surface area contributed by atoms with E-state index in [9.17, 15) is 9.59 Å². The fourth-order valence-corrected chi connectivity index (χ4v) is 2.88. The van der Waals surface area contributed by atoms with E-state index in [2.05, 4.69) is 5.32 Å². The molecule has 0 bridgehead atoms. The number of nitrogens with one attached hydrogen (secondary N) is 1. The normalized spacial score (nSPS) is 21.1. The number of ether oxygens (including phenoxy) is 1. The summed E-state index contributed by atoms with van der Waals surface area (Å²) in [5.41, 5.74) is 1.33. The molecule has 6 heteroatoms. The molecule has 1 fully saturated rings. The molecule has 0 saturated heterocycles. The molecule has 0 heterocycles. The summed E-state index contributed by atoms with van der Waals surface area (Å²) < 4.78 is 5.20. The van der Waals surface area contributed by atoms with Crippen molar-refractivity contribution in [3.05, 3.63) is 22.7 Å². The Labute approximate surface area is 128 Å². The van der Waals surface area contributed by atoms with Gasteiger partial charge in [0, 0.05) is 11.1 Å². The second kappa shape index (κ2) is 6.35. The van der Waals surface area contributed by atoms with Crippen LogP contribution in [0.25, 0.3) is 0 Å². The Bertz CT molecular complexity index is 573. The van der Waals surface area contributed by atoms with Gasteiger partial charge in [-0.15, -0.1) is 0 Å². The molecule has 0 radical (unpaired) electrons. The second-order valence-electron chi connectivity index (χ2n) is 5.27. The van der Waals surface area contributed by atoms with Crippen molar-refractivity contribution >= 4 is 29.2 Å². The predicted octanol–water partition coefficient (Wildman–Crippen LogP) is 3.10. The quantitative estimate of drug-likeness (QED) is 0.896. The summed E-state index contributed by atoms with van der Waals surface area (Å²) in [5.74, 6) is -1.83. The molecule has 1 saturated carbocycles. The maximum Gasteiger partial charge on any atom is 0.307 e. The molecule has 2 rings (SSSR count). The maximum absolute atomic E-state index is 12.3. The number of rotatable bonds is 4. The molecule has 2 atom stereocenters. The second-order valence-corrected chi connectivity index (χ2v) is 5.68. The molecule has 0 aliphatic heterocycles. The number of anilines is 1. The Morgan fingerprint density at radius 3 is 2.62 bits per heavy atom. The number of amides is 1. The van der Waals surface area contributed by atoms with Crippen LogP contribution in [-0.4, -0.2) is 24.1 Å². The van der Waals surface area contributed by atoms with Crippen LogP contribution in [0.2, 0.25) is 5.02 Å². The Morgan fingerprint density at radius 2 is 2.00 bits per heavy atom. The molecular formula is C15H18ClNO4. The van der Waals surface area contributed by atoms with Crippen molar-refractivity contribution < 1.29 is 19.4 Å². The SMILES string of the molecule is COc1cc(Cl)c(C)cc1NC(=O)[C@@H]1CCC[C@@H]1C(=O)O. The van der Waals surface area contributed by atoms with Gasteiger partial charge in [0.25, 0.3) is 0 Å². The summed E-state index contributed by atoms with van der Waals surface area (Å²) in [6.07, 6.45) is 1.90. The third-order valence-corrected chi connectivity index (χ3v) is 4.32. The van der Waals surface area contributed by atoms with Crippen molar-refractivity contribution in [3.63, 3.8) is 0 Å². The number of carboxylic acid groups (broad SMARTS) is 1. The van der Waals surface area contributed by atoms with Crippen LogP contribution in [0.5, 0.6) is 5.75 Å². The van der Waals surface area contributed by atoms with Gasteiger partial charge in [-0.3, -0.25) is 9.59 Å². The van der Waals surface area contributed by atoms with E-state index in [4.69, 9.17) is 21.4 Å². The summed E-state index contributed by atoms with van der Waals surface area (Å²) in [4.78, 5) is 23.5. The Kier molecular flexibility index (Phi) is 4.73. The van der Waals surface area contributed by atoms with Crippen LogP contribution in [0, 0.1) is 18.8 Å². The van der Waals surface area contributed by atoms with Gasteiger partial charge in [-0.1, -0.05) is 18.0 Å². The highest BCUT2D eigenvalue weighted by Crippen LogP contribution is 2.35. The average Bonchev–Trinajstić information content (AvgIpc) is 2.92. The van der Waals surface area contributed by atoms with E-state index in [0.29, 0.717) is 29.3 Å². The van der Waals surface area contributed by atoms with Gasteiger partial charge in [0.15, 0.2) is 0 Å². The van der Waals surface area contributed by atoms with Crippen LogP contribution in [0.15, 0.2) is 12.1 Å². The van der Waals surface area contributed by atoms with Crippen LogP contribution in [0.3, 0.4) is 0 Å². The Hall–Kier alpha value is -1.75. The highest BCUT2D eigenvalue weighted by molar-refractivity contribution is 6.31. The van der Waals surface area contributed by atoms with Crippen LogP contribution in [0.4, 0.5) is 5.69 Å². The molecule has 1 aromatic rings. The van der Waals surface area contributed by atoms with Crippen LogP contribution >= 0.6 is 11.6 Å². The molecular weight excluding hydrogens is 294 g/mol. The minimum absolute atomic E-state index is 0.278. The molecule has 1 aliphatic carbocycles. The van der Waals surface area contributed by atoms with E-state index in [1.165, 1.54) is 7.11 Å². The fourth-order valence-electron chi connectivity index (χ4n) is 2.72. The lowest BCUT2D eigenvalue weighted by Gasteiger charge is -2.17. The van der Waals surface area contributed by atoms with Gasteiger partial charge in [-0.25, -0.2) is 0 Å². The van der Waals surface area contributed by atoms with Gasteiger partial charge in [0.1, 0.15) is 5.75 Å². The van der Waals surface area contributed by atoms with Crippen molar-refractivity contribution in [2.45, 2.75) is 26.2 Å². The van der Waals surface area contributed by atoms with Crippen molar-refractivity contribution in [2.75, 3.05) is 12.4 Å². The van der Waals surface area contributed by atoms with E-state index in [-0.39, 0.29) is 5.91 Å². The van der Waals surface area contributed by atoms with E-state index >= 15 is 0 Å². The number of carbonyl (C=O) groups is 2. The first-order valence-electron chi connectivity index (χ1n) is 6.82. The van der Waals surface area contributed by atoms with Gasteiger partial charge < -0.3 is 15.2 Å². The van der Waals surface area contributed by atoms with Gasteiger partial charge in [-0.2, -0.15) is 0 Å². The predicted molar refractivity (Wildman–Crippen MR) is 79.8 cm³/mol. The lowest BCUT2D eigenvalue weighted by atomic mass is 9.95. The molecule has 1 amide bonds. The lowest BCUT2D eigenvalue weighted by molar-refractivity contribution is -0.145. The molecule has 2 N–H and O–H groups in total. The highest BCUT2D eigenvalue weighted by Gasteiger charge is 2.37. The van der Waals surface area contributed by atoms with E-state index in [1.54, 1.807) is 12.1 Å². The first-order valence-corrected chi connectivity index (χ1v) is 7.19. The average molecular weight is 312 g/mol. The number of aryl methyl sites for hydroxylation is 1. The van der Waals surface area contributed by atoms with Crippen LogP contribution in [0.1, 0.15) is 24.8 Å². The number of carboxylic acids is 1. The topological polar surface area (TPSA) is 75.6 Å². The standard InChI is InChI=1S/C15H18ClNO4/c1-8-6-12(13(21-2)7-11(8)16)17-14(18)9-4-3-5-10(9)15(19)20/h6-7,9-10H,3-5H2,1-2H3,(H,17,18)(H,19,20)/t9-,10+/m1/s1. The lowest BCUT2D eigenvalue weighted by Crippen LogP contribution is -2.30. The zero-order valence-electron chi connectivity index (χ0n) is 12.0. The van der Waals surface area contributed by atoms with E-state index in [1.807, 2.05) is 6.92 Å². The number of carbonyl (C=O) groups excluding carboxylic acids is 1. The summed E-state index contributed by atoms with van der Waals surface area (Å²) >= 11 is 6.02. The molecule has 0 spiro atoms. The number of hydrogen-bond acceptors (Lipinski definition) is 3. The highest BCUT2D eigenvalue weighted by atomic mass is 35.5. The monoisotopic (exact) mass is 311 g/mol. The van der Waals surface area contributed by atoms with Crippen molar-refractivity contribution in [3.8, 4) is 5.75 Å². The molecule has 1 aromatic carbocycles. The first-order chi connectivity index (χ1) is 9.93. The summed E-state index contributed by atoms with van der Waals surface area (Å²) in [6, 6.07) is 3.36. The molecule has 1 aliphatic rings. The summed E-state index contributed by atoms with van der Waals surface area (Å²) in [7, 11) is 1.49. The van der Waals surface area contributed by atoms with Gasteiger partial charge in [-0.05, 0) is 31.4 Å². The van der Waals surface area contributed by atoms with Crippen LogP contribution in [-0.2, 0) is 9.59 Å². The largest absolute Gasteiger partial charge is 0.495 e. The molecule has 114 valence electrons. The van der Waals surface area contributed by atoms with Crippen molar-refractivity contribution in [1.29, 1.82) is 0 Å². The van der Waals surface area contributed by atoms with Crippen molar-refractivity contribution in [2.24, 2.45) is 11.8 Å². The number of halogens is 1. The van der Waals surface area contributed by atoms with Gasteiger partial charge in [0.05, 0.1) is 24.6 Å². The first kappa shape index (κ1) is 15.6. The Balaban J connectivity index is 2.20. The van der Waals surface area contributed by atoms with Crippen molar-refractivity contribution in [1.82, 2.24) is 0 Å². The smallest absolute Gasteiger partial charge is 0.307 e. The molecule has 5 nitrogen and oxygen atoms in total. The maximum atomic E-state index is 12.3. The minimum Gasteiger partial charge on any atom is -0.495 e. The number of methoxy groups -OCH3 is 1. The van der Waals surface area contributed by atoms with E-state index in [0.717, 1.165) is 12.0 Å². The number of aliphatic carboxylic acids is 1. The third kappa shape index (κ3) is 3.29. The summed E-state index contributed by atoms with van der Waals surface area (Å²) in [5, 5.41) is 12.5. The van der Waals surface area contributed by atoms with Crippen LogP contribution < -0.4 is 10.1 Å². The molecule has 0 aromatic heterocycles. The van der Waals surface area contributed by atoms with E-state index < -0.39 is 17.8 Å². The minimum atomic E-state index is -0.910. The fraction of sp³-hybridized carbons (Fsp3) is 0.467. The molecule has 0 unspecified atom stereocenters. The number of benzene rings is 1. The third-order valence-electron chi connectivity index (χ3n) is 3.91.